The third kappa shape index (κ3) is 4.91. The Balaban J connectivity index is 0.000000741. The maximum absolute atomic E-state index is 12.1. The van der Waals surface area contributed by atoms with Crippen LogP contribution in [0.3, 0.4) is 0 Å². The SMILES string of the molecule is CC.CF.Cc1ccc(S(=O)(=O)N2CCCC2)cc1. The van der Waals surface area contributed by atoms with Crippen molar-refractivity contribution in [2.24, 2.45) is 0 Å². The molecule has 2 rings (SSSR count). The molecule has 110 valence electrons. The molecule has 0 bridgehead atoms. The van der Waals surface area contributed by atoms with Gasteiger partial charge < -0.3 is 0 Å². The fourth-order valence-electron chi connectivity index (χ4n) is 1.79. The van der Waals surface area contributed by atoms with Gasteiger partial charge in [0.2, 0.25) is 10.0 Å². The van der Waals surface area contributed by atoms with Gasteiger partial charge >= 0.3 is 0 Å². The van der Waals surface area contributed by atoms with Gasteiger partial charge in [-0.1, -0.05) is 31.5 Å². The Morgan fingerprint density at radius 3 is 1.84 bits per heavy atom. The molecule has 0 saturated carbocycles. The molecular weight excluding hydrogens is 265 g/mol. The maximum Gasteiger partial charge on any atom is 0.243 e. The number of hydrogen-bond acceptors (Lipinski definition) is 2. The number of nitrogens with zero attached hydrogens (tertiary/aromatic N) is 1. The van der Waals surface area contributed by atoms with Crippen LogP contribution in [0.5, 0.6) is 0 Å². The van der Waals surface area contributed by atoms with E-state index in [1.54, 1.807) is 16.4 Å². The van der Waals surface area contributed by atoms with Crippen molar-refractivity contribution in [1.82, 2.24) is 4.31 Å². The molecule has 1 aliphatic heterocycles. The van der Waals surface area contributed by atoms with E-state index in [9.17, 15) is 12.8 Å². The van der Waals surface area contributed by atoms with Gasteiger partial charge in [0.25, 0.3) is 0 Å². The summed E-state index contributed by atoms with van der Waals surface area (Å²) in [5, 5.41) is 0. The van der Waals surface area contributed by atoms with Crippen LogP contribution in [0.4, 0.5) is 4.39 Å². The molecule has 1 heterocycles. The third-order valence-electron chi connectivity index (χ3n) is 2.72. The van der Waals surface area contributed by atoms with E-state index in [-0.39, 0.29) is 0 Å². The van der Waals surface area contributed by atoms with Crippen LogP contribution >= 0.6 is 0 Å². The molecule has 19 heavy (non-hydrogen) atoms. The van der Waals surface area contributed by atoms with Gasteiger partial charge in [-0.15, -0.1) is 0 Å². The van der Waals surface area contributed by atoms with E-state index in [0.29, 0.717) is 25.2 Å². The highest BCUT2D eigenvalue weighted by molar-refractivity contribution is 7.89. The first-order chi connectivity index (χ1) is 9.10. The zero-order valence-corrected chi connectivity index (χ0v) is 13.0. The predicted molar refractivity (Wildman–Crippen MR) is 77.6 cm³/mol. The molecule has 0 aromatic heterocycles. The highest BCUT2D eigenvalue weighted by atomic mass is 32.2. The van der Waals surface area contributed by atoms with Gasteiger partial charge in [0.1, 0.15) is 0 Å². The molecule has 1 saturated heterocycles. The number of aryl methyl sites for hydroxylation is 1. The van der Waals surface area contributed by atoms with Crippen LogP contribution in [-0.4, -0.2) is 33.0 Å². The van der Waals surface area contributed by atoms with Gasteiger partial charge in [-0.2, -0.15) is 4.31 Å². The lowest BCUT2D eigenvalue weighted by molar-refractivity contribution is 0.477. The Labute approximate surface area is 116 Å². The third-order valence-corrected chi connectivity index (χ3v) is 4.64. The molecule has 1 fully saturated rings. The Hall–Kier alpha value is -0.940. The minimum atomic E-state index is -3.22. The molecule has 0 spiro atoms. The molecule has 0 unspecified atom stereocenters. The van der Waals surface area contributed by atoms with Crippen LogP contribution in [0.15, 0.2) is 29.2 Å². The van der Waals surface area contributed by atoms with Crippen molar-refractivity contribution in [3.63, 3.8) is 0 Å². The second-order valence-corrected chi connectivity index (χ2v) is 5.86. The van der Waals surface area contributed by atoms with Gasteiger partial charge in [0.05, 0.1) is 12.1 Å². The zero-order valence-electron chi connectivity index (χ0n) is 12.2. The summed E-state index contributed by atoms with van der Waals surface area (Å²) in [6, 6.07) is 7.04. The van der Waals surface area contributed by atoms with Crippen LogP contribution in [-0.2, 0) is 10.0 Å². The molecular formula is C14H24FNO2S. The van der Waals surface area contributed by atoms with E-state index in [4.69, 9.17) is 0 Å². The lowest BCUT2D eigenvalue weighted by Gasteiger charge is -2.15. The van der Waals surface area contributed by atoms with Crippen molar-refractivity contribution in [3.8, 4) is 0 Å². The summed E-state index contributed by atoms with van der Waals surface area (Å²) in [6.07, 6.45) is 1.95. The zero-order chi connectivity index (χ0) is 14.9. The van der Waals surface area contributed by atoms with Crippen LogP contribution in [0.25, 0.3) is 0 Å². The Bertz CT molecular complexity index is 437. The van der Waals surface area contributed by atoms with Crippen LogP contribution in [0.1, 0.15) is 32.3 Å². The molecule has 0 N–H and O–H groups in total. The van der Waals surface area contributed by atoms with Crippen molar-refractivity contribution < 1.29 is 12.8 Å². The first-order valence-corrected chi connectivity index (χ1v) is 7.99. The Morgan fingerprint density at radius 2 is 1.42 bits per heavy atom. The quantitative estimate of drug-likeness (QED) is 0.837. The standard InChI is InChI=1S/C11H15NO2S.C2H6.CH3F/c1-10-4-6-11(7-5-10)15(13,14)12-8-2-3-9-12;2*1-2/h4-7H,2-3,8-9H2,1H3;1-2H3;1H3. The molecule has 0 amide bonds. The van der Waals surface area contributed by atoms with E-state index < -0.39 is 10.0 Å². The summed E-state index contributed by atoms with van der Waals surface area (Å²) >= 11 is 0. The summed E-state index contributed by atoms with van der Waals surface area (Å²) < 4.78 is 35.2. The molecule has 0 atom stereocenters. The smallest absolute Gasteiger partial charge is 0.243 e. The summed E-state index contributed by atoms with van der Waals surface area (Å²) in [5.41, 5.74) is 1.08. The predicted octanol–water partition coefficient (Wildman–Crippen LogP) is 3.39. The van der Waals surface area contributed by atoms with Crippen LogP contribution in [0.2, 0.25) is 0 Å². The van der Waals surface area contributed by atoms with Gasteiger partial charge in [-0.25, -0.2) is 8.42 Å². The van der Waals surface area contributed by atoms with Crippen molar-refractivity contribution in [1.29, 1.82) is 0 Å². The van der Waals surface area contributed by atoms with Gasteiger partial charge in [-0.3, -0.25) is 4.39 Å². The average molecular weight is 289 g/mol. The van der Waals surface area contributed by atoms with Gasteiger partial charge in [0, 0.05) is 13.1 Å². The highest BCUT2D eigenvalue weighted by Crippen LogP contribution is 2.20. The fourth-order valence-corrected chi connectivity index (χ4v) is 3.30. The first kappa shape index (κ1) is 18.1. The number of sulfonamides is 1. The molecule has 3 nitrogen and oxygen atoms in total. The summed E-state index contributed by atoms with van der Waals surface area (Å²) in [6.45, 7) is 7.28. The van der Waals surface area contributed by atoms with E-state index in [1.807, 2.05) is 32.9 Å². The minimum absolute atomic E-state index is 0.412. The van der Waals surface area contributed by atoms with Crippen molar-refractivity contribution >= 4 is 10.0 Å². The van der Waals surface area contributed by atoms with Crippen molar-refractivity contribution in [2.75, 3.05) is 20.3 Å². The molecule has 5 heteroatoms. The minimum Gasteiger partial charge on any atom is -0.255 e. The lowest BCUT2D eigenvalue weighted by atomic mass is 10.2. The number of hydrogen-bond donors (Lipinski definition) is 0. The van der Waals surface area contributed by atoms with Crippen LogP contribution < -0.4 is 0 Å². The number of benzene rings is 1. The maximum atomic E-state index is 12.1. The topological polar surface area (TPSA) is 37.4 Å². The lowest BCUT2D eigenvalue weighted by Crippen LogP contribution is -2.27. The Kier molecular flexibility index (Phi) is 8.59. The molecule has 1 aliphatic rings. The second-order valence-electron chi connectivity index (χ2n) is 3.92. The van der Waals surface area contributed by atoms with Gasteiger partial charge in [-0.05, 0) is 31.9 Å². The van der Waals surface area contributed by atoms with E-state index in [1.165, 1.54) is 0 Å². The van der Waals surface area contributed by atoms with Crippen LogP contribution in [0, 0.1) is 6.92 Å². The number of alkyl halides is 1. The van der Waals surface area contributed by atoms with Crippen molar-refractivity contribution in [2.45, 2.75) is 38.5 Å². The summed E-state index contributed by atoms with van der Waals surface area (Å²) in [4.78, 5) is 0.412. The second kappa shape index (κ2) is 9.04. The monoisotopic (exact) mass is 289 g/mol. The molecule has 0 radical (unpaired) electrons. The normalized spacial score (nSPS) is 15.0. The molecule has 1 aromatic carbocycles. The number of rotatable bonds is 2. The Morgan fingerprint density at radius 1 is 1.00 bits per heavy atom. The number of halogens is 1. The summed E-state index contributed by atoms with van der Waals surface area (Å²) in [7, 11) is -2.72. The van der Waals surface area contributed by atoms with E-state index in [2.05, 4.69) is 0 Å². The highest BCUT2D eigenvalue weighted by Gasteiger charge is 2.26. The molecule has 0 aliphatic carbocycles. The van der Waals surface area contributed by atoms with E-state index in [0.717, 1.165) is 18.4 Å². The first-order valence-electron chi connectivity index (χ1n) is 6.55. The van der Waals surface area contributed by atoms with Gasteiger partial charge in [0.15, 0.2) is 0 Å². The van der Waals surface area contributed by atoms with Crippen molar-refractivity contribution in [3.05, 3.63) is 29.8 Å². The fraction of sp³-hybridized carbons (Fsp3) is 0.571. The summed E-state index contributed by atoms with van der Waals surface area (Å²) in [5.74, 6) is 0. The largest absolute Gasteiger partial charge is 0.255 e. The average Bonchev–Trinajstić information content (AvgIpc) is 2.98. The van der Waals surface area contributed by atoms with E-state index >= 15 is 0 Å². The molecule has 1 aromatic rings.